The molecule has 0 aromatic rings. The van der Waals surface area contributed by atoms with Crippen LogP contribution >= 0.6 is 0 Å². The first kappa shape index (κ1) is 15.8. The molecule has 2 unspecified atom stereocenters. The van der Waals surface area contributed by atoms with Crippen LogP contribution in [0.3, 0.4) is 0 Å². The average Bonchev–Trinajstić information content (AvgIpc) is 2.62. The van der Waals surface area contributed by atoms with Crippen LogP contribution in [-0.4, -0.2) is 40.1 Å². The Morgan fingerprint density at radius 1 is 1.32 bits per heavy atom. The molecule has 0 aromatic carbocycles. The van der Waals surface area contributed by atoms with E-state index in [1.807, 2.05) is 20.8 Å². The molecule has 0 saturated heterocycles. The van der Waals surface area contributed by atoms with Gasteiger partial charge in [-0.05, 0) is 39.5 Å². The quantitative estimate of drug-likeness (QED) is 0.824. The second kappa shape index (κ2) is 6.26. The Morgan fingerprint density at radius 2 is 1.95 bits per heavy atom. The molecule has 2 atom stereocenters. The van der Waals surface area contributed by atoms with Crippen LogP contribution in [0.15, 0.2) is 0 Å². The summed E-state index contributed by atoms with van der Waals surface area (Å²) < 4.78 is 0. The van der Waals surface area contributed by atoms with Crippen LogP contribution in [-0.2, 0) is 4.79 Å². The fraction of sp³-hybridized carbons (Fsp3) is 0.857. The lowest BCUT2D eigenvalue weighted by molar-refractivity contribution is -0.137. The minimum Gasteiger partial charge on any atom is -0.481 e. The average molecular weight is 270 g/mol. The van der Waals surface area contributed by atoms with Crippen molar-refractivity contribution in [1.29, 1.82) is 0 Å². The van der Waals surface area contributed by atoms with Gasteiger partial charge in [0.05, 0.1) is 6.42 Å². The monoisotopic (exact) mass is 270 g/mol. The second-order valence-corrected chi connectivity index (χ2v) is 6.43. The maximum atomic E-state index is 12.3. The number of carbonyl (C=O) groups is 2. The van der Waals surface area contributed by atoms with Crippen LogP contribution in [0.4, 0.5) is 4.79 Å². The molecule has 2 amide bonds. The number of carbonyl (C=O) groups excluding carboxylic acids is 1. The van der Waals surface area contributed by atoms with Gasteiger partial charge in [0.25, 0.3) is 0 Å². The van der Waals surface area contributed by atoms with E-state index >= 15 is 0 Å². The van der Waals surface area contributed by atoms with Gasteiger partial charge >= 0.3 is 12.0 Å². The molecule has 0 heterocycles. The van der Waals surface area contributed by atoms with E-state index in [0.29, 0.717) is 5.92 Å². The minimum absolute atomic E-state index is 0.0229. The van der Waals surface area contributed by atoms with Gasteiger partial charge in [-0.15, -0.1) is 0 Å². The van der Waals surface area contributed by atoms with Gasteiger partial charge in [0.2, 0.25) is 0 Å². The lowest BCUT2D eigenvalue weighted by Crippen LogP contribution is -2.53. The predicted molar refractivity (Wildman–Crippen MR) is 74.0 cm³/mol. The first-order valence-corrected chi connectivity index (χ1v) is 7.01. The number of urea groups is 1. The third kappa shape index (κ3) is 4.73. The predicted octanol–water partition coefficient (Wildman–Crippen LogP) is 2.46. The summed E-state index contributed by atoms with van der Waals surface area (Å²) in [7, 11) is 0. The molecule has 5 nitrogen and oxygen atoms in total. The number of hydrogen-bond acceptors (Lipinski definition) is 2. The summed E-state index contributed by atoms with van der Waals surface area (Å²) in [5.74, 6) is -0.374. The van der Waals surface area contributed by atoms with Crippen molar-refractivity contribution in [1.82, 2.24) is 10.2 Å². The Morgan fingerprint density at radius 3 is 2.37 bits per heavy atom. The Kier molecular flexibility index (Phi) is 5.20. The SMILES string of the molecule is CC1CCCC1NC(=O)N(CCC(=O)O)C(C)(C)C. The van der Waals surface area contributed by atoms with Crippen molar-refractivity contribution in [3.63, 3.8) is 0 Å². The molecule has 0 radical (unpaired) electrons. The molecule has 2 N–H and O–H groups in total. The highest BCUT2D eigenvalue weighted by atomic mass is 16.4. The number of carboxylic acids is 1. The van der Waals surface area contributed by atoms with Gasteiger partial charge in [-0.25, -0.2) is 4.79 Å². The Bertz CT molecular complexity index is 336. The lowest BCUT2D eigenvalue weighted by atomic mass is 10.0. The van der Waals surface area contributed by atoms with E-state index in [1.165, 1.54) is 0 Å². The number of nitrogens with zero attached hydrogens (tertiary/aromatic N) is 1. The number of aliphatic carboxylic acids is 1. The third-order valence-electron chi connectivity index (χ3n) is 3.77. The highest BCUT2D eigenvalue weighted by Crippen LogP contribution is 2.25. The van der Waals surface area contributed by atoms with Crippen molar-refractivity contribution in [2.45, 2.75) is 65.0 Å². The van der Waals surface area contributed by atoms with Crippen LogP contribution in [0.25, 0.3) is 0 Å². The third-order valence-corrected chi connectivity index (χ3v) is 3.77. The molecule has 0 aliphatic heterocycles. The zero-order valence-electron chi connectivity index (χ0n) is 12.4. The first-order valence-electron chi connectivity index (χ1n) is 7.01. The van der Waals surface area contributed by atoms with E-state index in [2.05, 4.69) is 12.2 Å². The van der Waals surface area contributed by atoms with Crippen molar-refractivity contribution >= 4 is 12.0 Å². The summed E-state index contributed by atoms with van der Waals surface area (Å²) >= 11 is 0. The first-order chi connectivity index (χ1) is 8.71. The number of rotatable bonds is 4. The Balaban J connectivity index is 2.63. The molecule has 5 heteroatoms. The molecule has 1 fully saturated rings. The molecule has 19 heavy (non-hydrogen) atoms. The van der Waals surface area contributed by atoms with Crippen molar-refractivity contribution in [2.75, 3.05) is 6.54 Å². The second-order valence-electron chi connectivity index (χ2n) is 6.43. The fourth-order valence-electron chi connectivity index (χ4n) is 2.55. The normalized spacial score (nSPS) is 23.2. The standard InChI is InChI=1S/C14H26N2O3/c1-10-6-5-7-11(10)15-13(19)16(14(2,3)4)9-8-12(17)18/h10-11H,5-9H2,1-4H3,(H,15,19)(H,17,18). The van der Waals surface area contributed by atoms with Gasteiger partial charge in [0.1, 0.15) is 0 Å². The largest absolute Gasteiger partial charge is 0.481 e. The highest BCUT2D eigenvalue weighted by molar-refractivity contribution is 5.76. The van der Waals surface area contributed by atoms with Gasteiger partial charge in [0.15, 0.2) is 0 Å². The zero-order chi connectivity index (χ0) is 14.6. The van der Waals surface area contributed by atoms with Gasteiger partial charge in [-0.3, -0.25) is 4.79 Å². The minimum atomic E-state index is -0.878. The summed E-state index contributed by atoms with van der Waals surface area (Å²) in [6.45, 7) is 8.16. The summed E-state index contributed by atoms with van der Waals surface area (Å²) in [6.07, 6.45) is 3.29. The smallest absolute Gasteiger partial charge is 0.318 e. The Labute approximate surface area is 115 Å². The Hall–Kier alpha value is -1.26. The van der Waals surface area contributed by atoms with E-state index in [1.54, 1.807) is 4.90 Å². The molecule has 1 aliphatic carbocycles. The molecular weight excluding hydrogens is 244 g/mol. The maximum Gasteiger partial charge on any atom is 0.318 e. The van der Waals surface area contributed by atoms with Crippen molar-refractivity contribution < 1.29 is 14.7 Å². The van der Waals surface area contributed by atoms with E-state index in [-0.39, 0.29) is 30.6 Å². The zero-order valence-corrected chi connectivity index (χ0v) is 12.4. The van der Waals surface area contributed by atoms with E-state index in [4.69, 9.17) is 5.11 Å². The van der Waals surface area contributed by atoms with Crippen molar-refractivity contribution in [2.24, 2.45) is 5.92 Å². The van der Waals surface area contributed by atoms with Crippen LogP contribution < -0.4 is 5.32 Å². The molecule has 1 aliphatic rings. The van der Waals surface area contributed by atoms with Gasteiger partial charge in [-0.1, -0.05) is 13.3 Å². The van der Waals surface area contributed by atoms with E-state index < -0.39 is 5.97 Å². The van der Waals surface area contributed by atoms with Crippen LogP contribution in [0.2, 0.25) is 0 Å². The number of hydrogen-bond donors (Lipinski definition) is 2. The lowest BCUT2D eigenvalue weighted by Gasteiger charge is -2.36. The highest BCUT2D eigenvalue weighted by Gasteiger charge is 2.31. The van der Waals surface area contributed by atoms with Gasteiger partial charge < -0.3 is 15.3 Å². The summed E-state index contributed by atoms with van der Waals surface area (Å²) in [6, 6.07) is 0.0784. The summed E-state index contributed by atoms with van der Waals surface area (Å²) in [4.78, 5) is 24.6. The van der Waals surface area contributed by atoms with E-state index in [9.17, 15) is 9.59 Å². The summed E-state index contributed by atoms with van der Waals surface area (Å²) in [5, 5.41) is 11.8. The topological polar surface area (TPSA) is 69.6 Å². The molecule has 0 aromatic heterocycles. The van der Waals surface area contributed by atoms with Crippen molar-refractivity contribution in [3.05, 3.63) is 0 Å². The maximum absolute atomic E-state index is 12.3. The number of nitrogens with one attached hydrogen (secondary N) is 1. The molecular formula is C14H26N2O3. The fourth-order valence-corrected chi connectivity index (χ4v) is 2.55. The molecule has 0 spiro atoms. The molecule has 1 rings (SSSR count). The van der Waals surface area contributed by atoms with Gasteiger partial charge in [-0.2, -0.15) is 0 Å². The molecule has 0 bridgehead atoms. The van der Waals surface area contributed by atoms with Crippen LogP contribution in [0, 0.1) is 5.92 Å². The number of amides is 2. The van der Waals surface area contributed by atoms with E-state index in [0.717, 1.165) is 19.3 Å². The van der Waals surface area contributed by atoms with Crippen molar-refractivity contribution in [3.8, 4) is 0 Å². The van der Waals surface area contributed by atoms with Gasteiger partial charge in [0, 0.05) is 18.1 Å². The molecule has 1 saturated carbocycles. The molecule has 110 valence electrons. The van der Waals surface area contributed by atoms with Crippen LogP contribution in [0.1, 0.15) is 53.4 Å². The van der Waals surface area contributed by atoms with Crippen LogP contribution in [0.5, 0.6) is 0 Å². The summed E-state index contributed by atoms with van der Waals surface area (Å²) in [5.41, 5.74) is -0.374. The number of carboxylic acid groups (broad SMARTS) is 1.